The van der Waals surface area contributed by atoms with Crippen LogP contribution in [0.25, 0.3) is 0 Å². The summed E-state index contributed by atoms with van der Waals surface area (Å²) in [6.07, 6.45) is -6.27. The molecule has 8 heteroatoms. The average molecular weight is 354 g/mol. The van der Waals surface area contributed by atoms with E-state index in [-0.39, 0.29) is 11.5 Å². The van der Waals surface area contributed by atoms with Crippen molar-refractivity contribution in [1.29, 1.82) is 0 Å². The number of carboxylic acids is 1. The van der Waals surface area contributed by atoms with E-state index in [9.17, 15) is 25.2 Å². The Morgan fingerprint density at radius 2 is 1.88 bits per heavy atom. The number of aliphatic hydroxyl groups is 3. The highest BCUT2D eigenvalue weighted by molar-refractivity contribution is 5.73. The summed E-state index contributed by atoms with van der Waals surface area (Å²) in [6.45, 7) is 3.79. The lowest BCUT2D eigenvalue weighted by atomic mass is 9.99. The van der Waals surface area contributed by atoms with Gasteiger partial charge in [0.2, 0.25) is 6.29 Å². The number of carboxylic acid groups (broad SMARTS) is 1. The molecule has 1 saturated heterocycles. The van der Waals surface area contributed by atoms with E-state index in [4.69, 9.17) is 14.6 Å². The van der Waals surface area contributed by atoms with Crippen molar-refractivity contribution in [3.8, 4) is 11.5 Å². The van der Waals surface area contributed by atoms with Crippen LogP contribution in [0.1, 0.15) is 19.4 Å². The third kappa shape index (κ3) is 4.29. The summed E-state index contributed by atoms with van der Waals surface area (Å²) in [6, 6.07) is 4.51. The molecule has 5 N–H and O–H groups in total. The Balaban J connectivity index is 2.27. The molecule has 0 radical (unpaired) electrons. The minimum absolute atomic E-state index is 0.0318. The normalized spacial score (nSPS) is 29.1. The second-order valence-electron chi connectivity index (χ2n) is 6.09. The van der Waals surface area contributed by atoms with E-state index in [1.165, 1.54) is 18.2 Å². The highest BCUT2D eigenvalue weighted by Crippen LogP contribution is 2.32. The summed E-state index contributed by atoms with van der Waals surface area (Å²) in [5.41, 5.74) is 1.44. The number of ether oxygens (including phenoxy) is 2. The lowest BCUT2D eigenvalue weighted by Crippen LogP contribution is -2.61. The first-order chi connectivity index (χ1) is 11.7. The van der Waals surface area contributed by atoms with E-state index in [0.717, 1.165) is 5.57 Å². The van der Waals surface area contributed by atoms with Gasteiger partial charge in [-0.25, -0.2) is 4.79 Å². The molecular weight excluding hydrogens is 332 g/mol. The molecule has 0 spiro atoms. The number of hydrogen-bond donors (Lipinski definition) is 5. The van der Waals surface area contributed by atoms with Gasteiger partial charge in [0.25, 0.3) is 0 Å². The van der Waals surface area contributed by atoms with Crippen LogP contribution in [0.4, 0.5) is 0 Å². The van der Waals surface area contributed by atoms with E-state index < -0.39 is 36.7 Å². The lowest BCUT2D eigenvalue weighted by Gasteiger charge is -2.38. The van der Waals surface area contributed by atoms with Gasteiger partial charge in [0, 0.05) is 5.56 Å². The van der Waals surface area contributed by atoms with Gasteiger partial charge in [0.1, 0.15) is 29.8 Å². The Morgan fingerprint density at radius 3 is 2.48 bits per heavy atom. The number of allylic oxidation sites excluding steroid dienone is 2. The van der Waals surface area contributed by atoms with Gasteiger partial charge >= 0.3 is 5.97 Å². The van der Waals surface area contributed by atoms with E-state index in [1.54, 1.807) is 0 Å². The quantitative estimate of drug-likeness (QED) is 0.472. The van der Waals surface area contributed by atoms with Crippen molar-refractivity contribution in [3.05, 3.63) is 35.4 Å². The summed E-state index contributed by atoms with van der Waals surface area (Å²) in [4.78, 5) is 11.1. The van der Waals surface area contributed by atoms with Crippen molar-refractivity contribution in [2.75, 3.05) is 0 Å². The molecule has 0 bridgehead atoms. The molecule has 2 rings (SSSR count). The maximum Gasteiger partial charge on any atom is 0.335 e. The minimum Gasteiger partial charge on any atom is -0.508 e. The van der Waals surface area contributed by atoms with E-state index in [1.807, 2.05) is 19.9 Å². The molecule has 0 aromatic heterocycles. The van der Waals surface area contributed by atoms with Gasteiger partial charge < -0.3 is 35.0 Å². The van der Waals surface area contributed by atoms with Crippen molar-refractivity contribution in [1.82, 2.24) is 0 Å². The molecule has 1 aromatic rings. The summed E-state index contributed by atoms with van der Waals surface area (Å²) in [7, 11) is 0. The predicted molar refractivity (Wildman–Crippen MR) is 86.2 cm³/mol. The number of rotatable bonds is 5. The molecule has 5 unspecified atom stereocenters. The predicted octanol–water partition coefficient (Wildman–Crippen LogP) is 0.172. The zero-order valence-electron chi connectivity index (χ0n) is 13.9. The number of benzene rings is 1. The number of aliphatic hydroxyl groups excluding tert-OH is 3. The molecule has 138 valence electrons. The third-order valence-corrected chi connectivity index (χ3v) is 3.88. The summed E-state index contributed by atoms with van der Waals surface area (Å²) < 4.78 is 10.6. The fraction of sp³-hybridized carbons (Fsp3) is 0.471. The second kappa shape index (κ2) is 7.83. The molecule has 1 aromatic carbocycles. The van der Waals surface area contributed by atoms with Crippen LogP contribution in [-0.2, 0) is 16.0 Å². The van der Waals surface area contributed by atoms with Crippen molar-refractivity contribution < 1.29 is 39.8 Å². The molecule has 0 saturated carbocycles. The third-order valence-electron chi connectivity index (χ3n) is 3.88. The Hall–Kier alpha value is -2.13. The number of phenolic OH excluding ortho intramolecular Hbond substituents is 1. The minimum atomic E-state index is -1.79. The standard InChI is InChI=1S/C17H22O8/c1-8(2)6-7-9-10(18)4-3-5-11(9)24-17-14(21)12(19)13(20)15(25-17)16(22)23/h3-6,12-15,17-21H,7H2,1-2H3,(H,22,23). The maximum atomic E-state index is 11.1. The van der Waals surface area contributed by atoms with Gasteiger partial charge in [-0.15, -0.1) is 0 Å². The Labute approximate surface area is 144 Å². The Kier molecular flexibility index (Phi) is 6.02. The number of hydrogen-bond acceptors (Lipinski definition) is 7. The van der Waals surface area contributed by atoms with Gasteiger partial charge in [-0.3, -0.25) is 0 Å². The van der Waals surface area contributed by atoms with Crippen molar-refractivity contribution in [3.63, 3.8) is 0 Å². The van der Waals surface area contributed by atoms with E-state index in [0.29, 0.717) is 12.0 Å². The molecule has 5 atom stereocenters. The molecule has 0 amide bonds. The van der Waals surface area contributed by atoms with Crippen LogP contribution in [0.3, 0.4) is 0 Å². The van der Waals surface area contributed by atoms with Gasteiger partial charge in [-0.1, -0.05) is 17.7 Å². The number of aliphatic carboxylic acids is 1. The Bertz CT molecular complexity index is 652. The number of carbonyl (C=O) groups is 1. The number of phenols is 1. The topological polar surface area (TPSA) is 137 Å². The average Bonchev–Trinajstić information content (AvgIpc) is 2.54. The first-order valence-electron chi connectivity index (χ1n) is 7.75. The fourth-order valence-corrected chi connectivity index (χ4v) is 2.45. The van der Waals surface area contributed by atoms with Crippen LogP contribution in [0.5, 0.6) is 11.5 Å². The second-order valence-corrected chi connectivity index (χ2v) is 6.09. The number of aromatic hydroxyl groups is 1. The van der Waals surface area contributed by atoms with Gasteiger partial charge in [0.15, 0.2) is 6.10 Å². The molecular formula is C17H22O8. The van der Waals surface area contributed by atoms with Gasteiger partial charge in [-0.05, 0) is 32.4 Å². The zero-order valence-corrected chi connectivity index (χ0v) is 13.9. The van der Waals surface area contributed by atoms with Crippen molar-refractivity contribution >= 4 is 5.97 Å². The van der Waals surface area contributed by atoms with E-state index in [2.05, 4.69) is 0 Å². The SMILES string of the molecule is CC(C)=CCc1c(O)cccc1OC1OC(C(=O)O)C(O)C(O)C1O. The van der Waals surface area contributed by atoms with Crippen LogP contribution < -0.4 is 4.74 Å². The molecule has 8 nitrogen and oxygen atoms in total. The summed E-state index contributed by atoms with van der Waals surface area (Å²) in [5.74, 6) is -1.35. The molecule has 1 fully saturated rings. The first kappa shape index (κ1) is 19.2. The van der Waals surface area contributed by atoms with Crippen molar-refractivity contribution in [2.24, 2.45) is 0 Å². The maximum absolute atomic E-state index is 11.1. The van der Waals surface area contributed by atoms with E-state index >= 15 is 0 Å². The van der Waals surface area contributed by atoms with Gasteiger partial charge in [-0.2, -0.15) is 0 Å². The lowest BCUT2D eigenvalue weighted by molar-refractivity contribution is -0.271. The smallest absolute Gasteiger partial charge is 0.335 e. The fourth-order valence-electron chi connectivity index (χ4n) is 2.45. The van der Waals surface area contributed by atoms with Crippen molar-refractivity contribution in [2.45, 2.75) is 51.0 Å². The molecule has 1 heterocycles. The van der Waals surface area contributed by atoms with Gasteiger partial charge in [0.05, 0.1) is 0 Å². The molecule has 25 heavy (non-hydrogen) atoms. The largest absolute Gasteiger partial charge is 0.508 e. The zero-order chi connectivity index (χ0) is 18.7. The van der Waals surface area contributed by atoms with Crippen LogP contribution in [0.2, 0.25) is 0 Å². The van der Waals surface area contributed by atoms with Crippen LogP contribution in [0, 0.1) is 0 Å². The van der Waals surface area contributed by atoms with Crippen LogP contribution in [-0.4, -0.2) is 62.2 Å². The first-order valence-corrected chi connectivity index (χ1v) is 7.75. The van der Waals surface area contributed by atoms with Crippen LogP contribution >= 0.6 is 0 Å². The van der Waals surface area contributed by atoms with Crippen LogP contribution in [0.15, 0.2) is 29.8 Å². The highest BCUT2D eigenvalue weighted by atomic mass is 16.7. The monoisotopic (exact) mass is 354 g/mol. The molecule has 1 aliphatic heterocycles. The summed E-state index contributed by atoms with van der Waals surface area (Å²) in [5, 5.41) is 48.6. The summed E-state index contributed by atoms with van der Waals surface area (Å²) >= 11 is 0. The molecule has 0 aliphatic carbocycles. The molecule has 1 aliphatic rings. The highest BCUT2D eigenvalue weighted by Gasteiger charge is 2.48. The Morgan fingerprint density at radius 1 is 1.20 bits per heavy atom.